The lowest BCUT2D eigenvalue weighted by Crippen LogP contribution is -2.26. The van der Waals surface area contributed by atoms with E-state index in [1.807, 2.05) is 95.1 Å². The predicted molar refractivity (Wildman–Crippen MR) is 613 cm³/mol. The van der Waals surface area contributed by atoms with Gasteiger partial charge < -0.3 is 4.42 Å². The molecule has 0 N–H and O–H groups in total. The van der Waals surface area contributed by atoms with Crippen molar-refractivity contribution >= 4 is 161 Å². The molecular weight excluding hydrogens is 1870 g/mol. The van der Waals surface area contributed by atoms with Crippen molar-refractivity contribution in [3.63, 3.8) is 0 Å². The molecular formula is C132H92N12OS3. The summed E-state index contributed by atoms with van der Waals surface area (Å²) in [5.41, 5.74) is 38.7. The maximum Gasteiger partial charge on any atom is 0.164 e. The Morgan fingerprint density at radius 2 is 0.554 bits per heavy atom. The predicted octanol–water partition coefficient (Wildman–Crippen LogP) is 34.6. The van der Waals surface area contributed by atoms with E-state index in [2.05, 4.69) is 433 Å². The number of hydrogen-bond donors (Lipinski definition) is 0. The van der Waals surface area contributed by atoms with Crippen molar-refractivity contribution in [2.45, 2.75) is 77.0 Å². The van der Waals surface area contributed by atoms with E-state index < -0.39 is 0 Å². The molecule has 0 bridgehead atoms. The molecule has 0 amide bonds. The molecule has 32 rings (SSSR count). The van der Waals surface area contributed by atoms with Crippen LogP contribution in [0.15, 0.2) is 418 Å². The second kappa shape index (κ2) is 33.0. The zero-order chi connectivity index (χ0) is 98.9. The highest BCUT2D eigenvalue weighted by Crippen LogP contribution is 2.55. The highest BCUT2D eigenvalue weighted by molar-refractivity contribution is 7.26. The molecule has 0 spiro atoms. The largest absolute Gasteiger partial charge is 0.456 e. The van der Waals surface area contributed by atoms with Crippen LogP contribution in [0.3, 0.4) is 0 Å². The monoisotopic (exact) mass is 1960 g/mol. The molecule has 0 unspecified atom stereocenters. The maximum absolute atomic E-state index is 6.06. The average Bonchev–Trinajstić information content (AvgIpc) is 1.56. The molecule has 148 heavy (non-hydrogen) atoms. The van der Waals surface area contributed by atoms with E-state index in [1.54, 1.807) is 12.5 Å². The first kappa shape index (κ1) is 87.1. The number of furan rings is 1. The Kier molecular flexibility index (Phi) is 19.4. The van der Waals surface area contributed by atoms with Crippen molar-refractivity contribution in [2.24, 2.45) is 0 Å². The van der Waals surface area contributed by atoms with Crippen LogP contribution in [0.4, 0.5) is 0 Å². The highest BCUT2D eigenvalue weighted by Gasteiger charge is 2.42. The van der Waals surface area contributed by atoms with E-state index >= 15 is 0 Å². The molecule has 0 saturated carbocycles. The molecule has 17 aromatic carbocycles. The van der Waals surface area contributed by atoms with Crippen LogP contribution in [-0.2, 0) is 21.7 Å². The fourth-order valence-corrected chi connectivity index (χ4v) is 27.3. The van der Waals surface area contributed by atoms with Gasteiger partial charge in [0.2, 0.25) is 0 Å². The first-order valence-electron chi connectivity index (χ1n) is 50.4. The lowest BCUT2D eigenvalue weighted by atomic mass is 9.74. The third-order valence-electron chi connectivity index (χ3n) is 31.5. The van der Waals surface area contributed by atoms with E-state index in [9.17, 15) is 0 Å². The molecule has 0 aliphatic carbocycles. The summed E-state index contributed by atoms with van der Waals surface area (Å²) in [5, 5.41) is 10.3. The van der Waals surface area contributed by atoms with Gasteiger partial charge in [0, 0.05) is 129 Å². The molecule has 28 aromatic rings. The van der Waals surface area contributed by atoms with Crippen LogP contribution in [0.5, 0.6) is 0 Å². The number of fused-ring (bicyclic) bond motifs is 20. The minimum Gasteiger partial charge on any atom is -0.456 e. The third-order valence-corrected chi connectivity index (χ3v) is 35.0. The van der Waals surface area contributed by atoms with Gasteiger partial charge >= 0.3 is 0 Å². The van der Waals surface area contributed by atoms with E-state index in [0.29, 0.717) is 0 Å². The molecule has 4 aliphatic heterocycles. The Labute approximate surface area is 864 Å². The molecule has 13 nitrogen and oxygen atoms in total. The Morgan fingerprint density at radius 1 is 0.216 bits per heavy atom. The van der Waals surface area contributed by atoms with Crippen molar-refractivity contribution in [1.82, 2.24) is 58.1 Å². The van der Waals surface area contributed by atoms with Crippen molar-refractivity contribution in [1.29, 1.82) is 0 Å². The number of imidazole rings is 4. The number of thiophene rings is 3. The number of benzene rings is 17. The minimum absolute atomic E-state index is 0.145. The topological polar surface area (TPSA) is 136 Å². The second-order valence-electron chi connectivity index (χ2n) is 41.4. The number of hydrogen-bond acceptors (Lipinski definition) is 12. The summed E-state index contributed by atoms with van der Waals surface area (Å²) in [6, 6.07) is 138. The standard InChI is InChI=1S/C34H24N2S.2C33H23N3S.C32H22N4O/c1-34(2)26-12-8-13-28-32(26)36(33(35-28)21-9-4-3-5-10-21)29-17-15-23(20-27(29)34)22-16-18-31-25(19-22)24-11-6-7-14-30(24)37-31;1-33(2)25-9-5-10-27-31(25)36(32(35-27)22-7-6-16-34-19-22)28-14-12-21(18-26(28)33)20-13-15-30-24(17-20)23-8-3-4-11-29(23)37-30;1-33(2)24-9-7-11-26-31(24)36(32(35-26)27-10-5-6-17-34-27)28-15-13-21(19-25(28)33)20-14-16-30-23(18-20)22-8-3-4-12-29(22)37-30;1-32(2)23-7-5-8-25-30(23)36(31(35-25)26-14-15-33-18-34-26)27-12-10-20(17-24(27)32)19-11-13-29-22(16-19)21-6-3-4-9-28(21)37-29/h3-20H,1-2H3;2*3-19H,1-2H3;3-18H,1-2H3. The van der Waals surface area contributed by atoms with Crippen LogP contribution < -0.4 is 0 Å². The number of pyridine rings is 2. The molecule has 0 fully saturated rings. The zero-order valence-electron chi connectivity index (χ0n) is 82.3. The van der Waals surface area contributed by atoms with Crippen molar-refractivity contribution in [3.8, 4) is 113 Å². The molecule has 15 heterocycles. The Balaban J connectivity index is 0.0000000930. The van der Waals surface area contributed by atoms with Crippen LogP contribution in [-0.4, -0.2) is 58.1 Å². The van der Waals surface area contributed by atoms with E-state index in [1.165, 1.54) is 183 Å². The van der Waals surface area contributed by atoms with Crippen LogP contribution >= 0.6 is 34.0 Å². The Bertz CT molecular complexity index is 9230. The van der Waals surface area contributed by atoms with Crippen molar-refractivity contribution < 1.29 is 4.42 Å². The highest BCUT2D eigenvalue weighted by atomic mass is 32.1. The first-order chi connectivity index (χ1) is 72.4. The molecule has 16 heteroatoms. The van der Waals surface area contributed by atoms with Gasteiger partial charge in [0.15, 0.2) is 11.6 Å². The molecule has 0 atom stereocenters. The van der Waals surface area contributed by atoms with Crippen molar-refractivity contribution in [3.05, 3.63) is 458 Å². The van der Waals surface area contributed by atoms with E-state index in [4.69, 9.17) is 24.4 Å². The van der Waals surface area contributed by atoms with Gasteiger partial charge in [-0.05, 0) is 265 Å². The van der Waals surface area contributed by atoms with E-state index in [0.717, 1.165) is 101 Å². The molecule has 4 aliphatic rings. The molecule has 11 aromatic heterocycles. The zero-order valence-corrected chi connectivity index (χ0v) is 84.7. The lowest BCUT2D eigenvalue weighted by Gasteiger charge is -2.35. The SMILES string of the molecule is CC1(C)c2cc(-c3ccc4oc5ccccc5c4c3)ccc2-n2c(-c3ccncn3)nc3cccc1c32.CC1(C)c2cc(-c3ccc4sc5ccccc5c4c3)ccc2-n2c(-c3ccccc3)nc3cccc1c32.CC1(C)c2cc(-c3ccc4sc5ccccc5c4c3)ccc2-n2c(-c3ccccn3)nc3cccc1c32.CC1(C)c2cc(-c3ccc4sc5ccccc5c4c3)ccc2-n2c(-c3cccnc3)nc3cccc1c32. The van der Waals surface area contributed by atoms with Gasteiger partial charge in [-0.1, -0.05) is 262 Å². The summed E-state index contributed by atoms with van der Waals surface area (Å²) in [6.45, 7) is 18.6. The quantitative estimate of drug-likeness (QED) is 0.146. The fourth-order valence-electron chi connectivity index (χ4n) is 24.0. The lowest BCUT2D eigenvalue weighted by molar-refractivity contribution is 0.629. The summed E-state index contributed by atoms with van der Waals surface area (Å²) in [7, 11) is 0. The van der Waals surface area contributed by atoms with Gasteiger partial charge in [-0.15, -0.1) is 34.0 Å². The fraction of sp³-hybridized carbons (Fsp3) is 0.0909. The summed E-state index contributed by atoms with van der Waals surface area (Å²) in [6.07, 6.45) is 8.89. The van der Waals surface area contributed by atoms with Gasteiger partial charge in [0.05, 0.1) is 66.9 Å². The maximum atomic E-state index is 6.06. The van der Waals surface area contributed by atoms with Crippen LogP contribution in [0.2, 0.25) is 0 Å². The molecule has 0 saturated heterocycles. The summed E-state index contributed by atoms with van der Waals surface area (Å²) >= 11 is 5.59. The Morgan fingerprint density at radius 3 is 0.959 bits per heavy atom. The Hall–Kier alpha value is -17.5. The average molecular weight is 1960 g/mol. The van der Waals surface area contributed by atoms with Gasteiger partial charge in [0.1, 0.15) is 40.5 Å². The number of rotatable bonds is 8. The minimum atomic E-state index is -0.198. The second-order valence-corrected chi connectivity index (χ2v) is 44.6. The molecule has 704 valence electrons. The van der Waals surface area contributed by atoms with Gasteiger partial charge in [0.25, 0.3) is 0 Å². The normalized spacial score (nSPS) is 13.9. The number of para-hydroxylation sites is 5. The van der Waals surface area contributed by atoms with Gasteiger partial charge in [-0.2, -0.15) is 0 Å². The first-order valence-corrected chi connectivity index (χ1v) is 52.8. The smallest absolute Gasteiger partial charge is 0.164 e. The van der Waals surface area contributed by atoms with Crippen molar-refractivity contribution in [2.75, 3.05) is 0 Å². The number of aromatic nitrogens is 12. The van der Waals surface area contributed by atoms with Crippen LogP contribution in [0.25, 0.3) is 240 Å². The van der Waals surface area contributed by atoms with E-state index in [-0.39, 0.29) is 21.7 Å². The van der Waals surface area contributed by atoms with Gasteiger partial charge in [-0.3, -0.25) is 28.2 Å². The van der Waals surface area contributed by atoms with Crippen LogP contribution in [0.1, 0.15) is 99.9 Å². The summed E-state index contributed by atoms with van der Waals surface area (Å²) in [4.78, 5) is 37.9. The van der Waals surface area contributed by atoms with Gasteiger partial charge in [-0.25, -0.2) is 29.9 Å². The third kappa shape index (κ3) is 13.4. The summed E-state index contributed by atoms with van der Waals surface area (Å²) in [5.74, 6) is 3.66. The summed E-state index contributed by atoms with van der Waals surface area (Å²) < 4.78 is 23.4. The number of nitrogens with zero attached hydrogens (tertiary/aromatic N) is 12. The molecule has 0 radical (unpaired) electrons. The van der Waals surface area contributed by atoms with Crippen LogP contribution in [0, 0.1) is 0 Å².